The van der Waals surface area contributed by atoms with Crippen molar-refractivity contribution in [2.75, 3.05) is 6.61 Å². The van der Waals surface area contributed by atoms with Gasteiger partial charge in [0.15, 0.2) is 0 Å². The van der Waals surface area contributed by atoms with Crippen LogP contribution in [-0.2, 0) is 0 Å². The molecular formula is C21H21FN2OS. The quantitative estimate of drug-likeness (QED) is 0.633. The number of aryl methyl sites for hydroxylation is 1. The molecule has 1 aliphatic rings. The zero-order valence-electron chi connectivity index (χ0n) is 14.6. The third-order valence-electron chi connectivity index (χ3n) is 3.93. The number of nitrogens with zero attached hydrogens (tertiary/aromatic N) is 1. The Kier molecular flexibility index (Phi) is 6.63. The summed E-state index contributed by atoms with van der Waals surface area (Å²) in [5.74, 6) is 0.766. The molecule has 4 rings (SSSR count). The first-order valence-corrected chi connectivity index (χ1v) is 9.32. The first-order valence-electron chi connectivity index (χ1n) is 8.50. The lowest BCUT2D eigenvalue weighted by molar-refractivity contribution is 0.260. The molecule has 0 bridgehead atoms. The topological polar surface area (TPSA) is 34.1 Å². The number of ether oxygens (including phenoxy) is 1. The molecule has 0 radical (unpaired) electrons. The molecule has 1 unspecified atom stereocenters. The molecule has 1 aliphatic heterocycles. The van der Waals surface area contributed by atoms with Crippen LogP contribution in [0.2, 0.25) is 0 Å². The molecule has 0 fully saturated rings. The monoisotopic (exact) mass is 368 g/mol. The molecule has 0 saturated carbocycles. The van der Waals surface area contributed by atoms with Gasteiger partial charge in [0, 0.05) is 17.5 Å². The van der Waals surface area contributed by atoms with Crippen LogP contribution in [0.5, 0.6) is 5.75 Å². The van der Waals surface area contributed by atoms with Crippen LogP contribution in [0.4, 0.5) is 4.39 Å². The minimum Gasteiger partial charge on any atom is -0.492 e. The van der Waals surface area contributed by atoms with Crippen LogP contribution in [0.25, 0.3) is 0 Å². The zero-order valence-corrected chi connectivity index (χ0v) is 15.4. The van der Waals surface area contributed by atoms with Gasteiger partial charge in [0.25, 0.3) is 0 Å². The van der Waals surface area contributed by atoms with Crippen molar-refractivity contribution in [3.63, 3.8) is 0 Å². The van der Waals surface area contributed by atoms with Crippen LogP contribution in [0.3, 0.4) is 0 Å². The maximum atomic E-state index is 12.3. The van der Waals surface area contributed by atoms with Crippen molar-refractivity contribution in [3.8, 4) is 5.75 Å². The molecular weight excluding hydrogens is 347 g/mol. The van der Waals surface area contributed by atoms with Crippen molar-refractivity contribution in [1.29, 1.82) is 0 Å². The highest BCUT2D eigenvalue weighted by atomic mass is 32.2. The summed E-state index contributed by atoms with van der Waals surface area (Å²) in [5, 5.41) is 0. The smallest absolute Gasteiger partial charge is 0.142 e. The van der Waals surface area contributed by atoms with Crippen molar-refractivity contribution in [3.05, 3.63) is 90.0 Å². The summed E-state index contributed by atoms with van der Waals surface area (Å²) in [6.45, 7) is 2.49. The molecule has 0 aliphatic carbocycles. The highest BCUT2D eigenvalue weighted by Gasteiger charge is 2.22. The predicted molar refractivity (Wildman–Crippen MR) is 104 cm³/mol. The third-order valence-corrected chi connectivity index (χ3v) is 4.84. The lowest BCUT2D eigenvalue weighted by Gasteiger charge is -2.24. The van der Waals surface area contributed by atoms with Gasteiger partial charge in [0.1, 0.15) is 17.3 Å². The number of fused-ring (bicyclic) bond motifs is 1. The van der Waals surface area contributed by atoms with Gasteiger partial charge in [-0.25, -0.2) is 4.39 Å². The molecule has 0 amide bonds. The summed E-state index contributed by atoms with van der Waals surface area (Å²) < 4.78 is 21.4. The van der Waals surface area contributed by atoms with E-state index < -0.39 is 0 Å². The van der Waals surface area contributed by atoms with Gasteiger partial charge in [0.05, 0.1) is 12.6 Å². The van der Waals surface area contributed by atoms with E-state index >= 15 is 0 Å². The molecule has 1 N–H and O–H groups in total. The Labute approximate surface area is 157 Å². The fourth-order valence-electron chi connectivity index (χ4n) is 2.50. The fraction of sp³-hybridized carbons (Fsp3) is 0.190. The summed E-state index contributed by atoms with van der Waals surface area (Å²) in [5.41, 5.74) is 1.71. The summed E-state index contributed by atoms with van der Waals surface area (Å²) in [6, 6.07) is 21.1. The number of hydrogen-bond acceptors (Lipinski definition) is 4. The van der Waals surface area contributed by atoms with Crippen molar-refractivity contribution in [1.82, 2.24) is 9.71 Å². The molecule has 1 aromatic heterocycles. The van der Waals surface area contributed by atoms with E-state index in [0.29, 0.717) is 5.56 Å². The molecule has 3 aromatic rings. The van der Waals surface area contributed by atoms with Gasteiger partial charge in [-0.05, 0) is 54.8 Å². The van der Waals surface area contributed by atoms with E-state index in [1.165, 1.54) is 11.0 Å². The molecule has 2 aromatic carbocycles. The summed E-state index contributed by atoms with van der Waals surface area (Å²) in [6.07, 6.45) is 2.76. The Morgan fingerprint density at radius 3 is 2.54 bits per heavy atom. The number of aromatic nitrogens is 1. The van der Waals surface area contributed by atoms with Gasteiger partial charge < -0.3 is 4.74 Å². The Morgan fingerprint density at radius 1 is 1.04 bits per heavy atom. The van der Waals surface area contributed by atoms with E-state index in [0.717, 1.165) is 24.5 Å². The molecule has 3 nitrogen and oxygen atoms in total. The fourth-order valence-corrected chi connectivity index (χ4v) is 3.30. The van der Waals surface area contributed by atoms with Gasteiger partial charge in [-0.1, -0.05) is 36.4 Å². The third kappa shape index (κ3) is 5.07. The molecule has 0 saturated heterocycles. The van der Waals surface area contributed by atoms with Crippen LogP contribution >= 0.6 is 11.9 Å². The van der Waals surface area contributed by atoms with E-state index in [-0.39, 0.29) is 11.9 Å². The summed E-state index contributed by atoms with van der Waals surface area (Å²) in [7, 11) is 0. The normalized spacial score (nSPS) is 15.2. The molecule has 5 heteroatoms. The minimum atomic E-state index is -0.132. The maximum Gasteiger partial charge on any atom is 0.142 e. The Bertz CT molecular complexity index is 808. The first kappa shape index (κ1) is 18.4. The maximum absolute atomic E-state index is 12.3. The zero-order chi connectivity index (χ0) is 18.2. The Hall–Kier alpha value is -2.37. The van der Waals surface area contributed by atoms with Crippen LogP contribution < -0.4 is 9.46 Å². The van der Waals surface area contributed by atoms with Gasteiger partial charge in [-0.2, -0.15) is 0 Å². The lowest BCUT2D eigenvalue weighted by atomic mass is 10.1. The molecule has 134 valence electrons. The van der Waals surface area contributed by atoms with Gasteiger partial charge in [-0.15, -0.1) is 0 Å². The molecule has 0 spiro atoms. The molecule has 2 heterocycles. The van der Waals surface area contributed by atoms with E-state index in [9.17, 15) is 4.39 Å². The number of rotatable bonds is 3. The number of pyridine rings is 1. The number of hydrogen-bond donors (Lipinski definition) is 1. The second-order valence-electron chi connectivity index (χ2n) is 5.86. The largest absolute Gasteiger partial charge is 0.492 e. The standard InChI is InChI=1S/C14H14N2OS.C7H7F/c1-2-5-11(6-3-1)18-16-12-8-10-17-13-7-4-9-15-14(12)13;1-6-4-2-3-5-7(6)8/h1-7,9,12,16H,8,10H2;2-5H,1H3. The van der Waals surface area contributed by atoms with Crippen molar-refractivity contribution >= 4 is 11.9 Å². The number of halogens is 1. The number of nitrogens with one attached hydrogen (secondary N) is 1. The van der Waals surface area contributed by atoms with Crippen LogP contribution in [-0.4, -0.2) is 11.6 Å². The van der Waals surface area contributed by atoms with Gasteiger partial charge >= 0.3 is 0 Å². The molecule has 26 heavy (non-hydrogen) atoms. The highest BCUT2D eigenvalue weighted by molar-refractivity contribution is 7.97. The van der Waals surface area contributed by atoms with E-state index in [4.69, 9.17) is 4.74 Å². The van der Waals surface area contributed by atoms with Crippen molar-refractivity contribution in [2.45, 2.75) is 24.3 Å². The Balaban J connectivity index is 0.000000206. The Morgan fingerprint density at radius 2 is 1.81 bits per heavy atom. The predicted octanol–water partition coefficient (Wildman–Crippen LogP) is 5.34. The van der Waals surface area contributed by atoms with E-state index in [1.54, 1.807) is 31.0 Å². The van der Waals surface area contributed by atoms with Gasteiger partial charge in [0.2, 0.25) is 0 Å². The van der Waals surface area contributed by atoms with Crippen molar-refractivity contribution in [2.24, 2.45) is 0 Å². The van der Waals surface area contributed by atoms with E-state index in [1.807, 2.05) is 42.6 Å². The SMILES string of the molecule is Cc1ccccc1F.c1ccc(SNC2CCOc3cccnc32)cc1. The van der Waals surface area contributed by atoms with Crippen LogP contribution in [0.15, 0.2) is 77.8 Å². The summed E-state index contributed by atoms with van der Waals surface area (Å²) in [4.78, 5) is 5.62. The average molecular weight is 368 g/mol. The first-order chi connectivity index (χ1) is 12.7. The van der Waals surface area contributed by atoms with Crippen LogP contribution in [0, 0.1) is 12.7 Å². The van der Waals surface area contributed by atoms with Crippen molar-refractivity contribution < 1.29 is 9.13 Å². The second-order valence-corrected chi connectivity index (χ2v) is 6.77. The molecule has 1 atom stereocenters. The minimum absolute atomic E-state index is 0.132. The second kappa shape index (κ2) is 9.36. The summed E-state index contributed by atoms with van der Waals surface area (Å²) >= 11 is 1.64. The van der Waals surface area contributed by atoms with E-state index in [2.05, 4.69) is 21.8 Å². The van der Waals surface area contributed by atoms with Gasteiger partial charge in [-0.3, -0.25) is 9.71 Å². The lowest BCUT2D eigenvalue weighted by Crippen LogP contribution is -2.23. The van der Waals surface area contributed by atoms with Crippen LogP contribution in [0.1, 0.15) is 23.7 Å². The average Bonchev–Trinajstić information content (AvgIpc) is 2.70. The number of benzene rings is 2. The highest BCUT2D eigenvalue weighted by Crippen LogP contribution is 2.31.